The van der Waals surface area contributed by atoms with Crippen molar-refractivity contribution in [3.05, 3.63) is 29.8 Å². The number of ether oxygens (including phenoxy) is 2. The standard InChI is InChI=1S/C15H23NO2/c1-15(8-7-12(16)11-15)13-5-3-4-6-14(13)18-10-9-17-2/h3-6,12H,7-11,16H2,1-2H3. The Kier molecular flexibility index (Phi) is 4.25. The van der Waals surface area contributed by atoms with Crippen molar-refractivity contribution in [2.24, 2.45) is 5.73 Å². The first-order chi connectivity index (χ1) is 8.65. The Balaban J connectivity index is 2.16. The van der Waals surface area contributed by atoms with Crippen LogP contribution in [0.3, 0.4) is 0 Å². The Labute approximate surface area is 109 Å². The van der Waals surface area contributed by atoms with Crippen LogP contribution in [0.15, 0.2) is 24.3 Å². The van der Waals surface area contributed by atoms with Crippen LogP contribution in [-0.4, -0.2) is 26.4 Å². The molecule has 0 aromatic heterocycles. The van der Waals surface area contributed by atoms with Gasteiger partial charge in [-0.25, -0.2) is 0 Å². The molecule has 2 unspecified atom stereocenters. The minimum absolute atomic E-state index is 0.156. The lowest BCUT2D eigenvalue weighted by Gasteiger charge is -2.27. The maximum absolute atomic E-state index is 6.06. The Hall–Kier alpha value is -1.06. The van der Waals surface area contributed by atoms with Crippen LogP contribution < -0.4 is 10.5 Å². The fraction of sp³-hybridized carbons (Fsp3) is 0.600. The molecule has 2 N–H and O–H groups in total. The van der Waals surface area contributed by atoms with Crippen LogP contribution in [0.5, 0.6) is 5.75 Å². The maximum Gasteiger partial charge on any atom is 0.123 e. The molecule has 1 aliphatic carbocycles. The summed E-state index contributed by atoms with van der Waals surface area (Å²) in [5.74, 6) is 0.978. The van der Waals surface area contributed by atoms with E-state index in [4.69, 9.17) is 15.2 Å². The Morgan fingerprint density at radius 3 is 2.78 bits per heavy atom. The Bertz CT molecular complexity index is 394. The highest BCUT2D eigenvalue weighted by Crippen LogP contribution is 2.43. The summed E-state index contributed by atoms with van der Waals surface area (Å²) < 4.78 is 10.9. The molecule has 3 nitrogen and oxygen atoms in total. The normalized spacial score (nSPS) is 27.4. The van der Waals surface area contributed by atoms with E-state index in [1.807, 2.05) is 12.1 Å². The highest BCUT2D eigenvalue weighted by Gasteiger charge is 2.36. The molecule has 2 atom stereocenters. The molecule has 0 saturated heterocycles. The van der Waals surface area contributed by atoms with Crippen molar-refractivity contribution >= 4 is 0 Å². The van der Waals surface area contributed by atoms with Crippen molar-refractivity contribution in [3.8, 4) is 5.75 Å². The summed E-state index contributed by atoms with van der Waals surface area (Å²) in [6.07, 6.45) is 3.28. The smallest absolute Gasteiger partial charge is 0.123 e. The first-order valence-corrected chi connectivity index (χ1v) is 6.62. The summed E-state index contributed by atoms with van der Waals surface area (Å²) >= 11 is 0. The van der Waals surface area contributed by atoms with E-state index in [2.05, 4.69) is 19.1 Å². The van der Waals surface area contributed by atoms with Gasteiger partial charge < -0.3 is 15.2 Å². The maximum atomic E-state index is 6.06. The van der Waals surface area contributed by atoms with Gasteiger partial charge in [-0.2, -0.15) is 0 Å². The van der Waals surface area contributed by atoms with Gasteiger partial charge in [0.1, 0.15) is 12.4 Å². The van der Waals surface area contributed by atoms with Crippen LogP contribution in [0.4, 0.5) is 0 Å². The molecule has 0 radical (unpaired) electrons. The fourth-order valence-electron chi connectivity index (χ4n) is 2.86. The van der Waals surface area contributed by atoms with Crippen molar-refractivity contribution in [2.75, 3.05) is 20.3 Å². The molecule has 0 bridgehead atoms. The van der Waals surface area contributed by atoms with Crippen molar-refractivity contribution in [1.82, 2.24) is 0 Å². The van der Waals surface area contributed by atoms with E-state index >= 15 is 0 Å². The second-order valence-electron chi connectivity index (χ2n) is 5.40. The summed E-state index contributed by atoms with van der Waals surface area (Å²) in [6, 6.07) is 8.62. The zero-order valence-electron chi connectivity index (χ0n) is 11.3. The predicted molar refractivity (Wildman–Crippen MR) is 73.0 cm³/mol. The summed E-state index contributed by atoms with van der Waals surface area (Å²) in [4.78, 5) is 0. The van der Waals surface area contributed by atoms with E-state index in [1.54, 1.807) is 7.11 Å². The molecule has 1 aromatic rings. The van der Waals surface area contributed by atoms with Gasteiger partial charge in [0.05, 0.1) is 6.61 Å². The van der Waals surface area contributed by atoms with Gasteiger partial charge in [-0.05, 0) is 30.7 Å². The number of hydrogen-bond acceptors (Lipinski definition) is 3. The SMILES string of the molecule is COCCOc1ccccc1C1(C)CCC(N)C1. The monoisotopic (exact) mass is 249 g/mol. The average molecular weight is 249 g/mol. The average Bonchev–Trinajstić information content (AvgIpc) is 2.71. The van der Waals surface area contributed by atoms with Gasteiger partial charge in [-0.3, -0.25) is 0 Å². The van der Waals surface area contributed by atoms with E-state index in [9.17, 15) is 0 Å². The molecule has 100 valence electrons. The minimum Gasteiger partial charge on any atom is -0.491 e. The predicted octanol–water partition coefficient (Wildman–Crippen LogP) is 2.48. The van der Waals surface area contributed by atoms with E-state index in [1.165, 1.54) is 5.56 Å². The van der Waals surface area contributed by atoms with Gasteiger partial charge in [-0.15, -0.1) is 0 Å². The van der Waals surface area contributed by atoms with E-state index in [0.29, 0.717) is 19.3 Å². The van der Waals surface area contributed by atoms with Crippen molar-refractivity contribution in [3.63, 3.8) is 0 Å². The molecular formula is C15H23NO2. The van der Waals surface area contributed by atoms with Crippen molar-refractivity contribution in [2.45, 2.75) is 37.6 Å². The molecule has 1 aliphatic rings. The summed E-state index contributed by atoms with van der Waals surface area (Å²) in [7, 11) is 1.69. The van der Waals surface area contributed by atoms with Gasteiger partial charge in [0, 0.05) is 18.7 Å². The van der Waals surface area contributed by atoms with Gasteiger partial charge in [0.15, 0.2) is 0 Å². The number of benzene rings is 1. The number of hydrogen-bond donors (Lipinski definition) is 1. The van der Waals surface area contributed by atoms with Crippen LogP contribution in [0, 0.1) is 0 Å². The van der Waals surface area contributed by atoms with E-state index in [-0.39, 0.29) is 5.41 Å². The van der Waals surface area contributed by atoms with E-state index in [0.717, 1.165) is 25.0 Å². The highest BCUT2D eigenvalue weighted by atomic mass is 16.5. The summed E-state index contributed by atoms with van der Waals surface area (Å²) in [5.41, 5.74) is 7.50. The lowest BCUT2D eigenvalue weighted by Crippen LogP contribution is -2.23. The van der Waals surface area contributed by atoms with Crippen LogP contribution >= 0.6 is 0 Å². The van der Waals surface area contributed by atoms with Crippen LogP contribution in [0.2, 0.25) is 0 Å². The third-order valence-corrected chi connectivity index (χ3v) is 3.86. The van der Waals surface area contributed by atoms with Crippen molar-refractivity contribution < 1.29 is 9.47 Å². The van der Waals surface area contributed by atoms with Crippen LogP contribution in [-0.2, 0) is 10.2 Å². The van der Waals surface area contributed by atoms with Crippen LogP contribution in [0.1, 0.15) is 31.7 Å². The number of methoxy groups -OCH3 is 1. The second kappa shape index (κ2) is 5.72. The van der Waals surface area contributed by atoms with Gasteiger partial charge in [0.2, 0.25) is 0 Å². The van der Waals surface area contributed by atoms with Gasteiger partial charge >= 0.3 is 0 Å². The Morgan fingerprint density at radius 1 is 1.33 bits per heavy atom. The molecule has 3 heteroatoms. The topological polar surface area (TPSA) is 44.5 Å². The van der Waals surface area contributed by atoms with E-state index < -0.39 is 0 Å². The lowest BCUT2D eigenvalue weighted by atomic mass is 9.80. The molecule has 1 aromatic carbocycles. The minimum atomic E-state index is 0.156. The highest BCUT2D eigenvalue weighted by molar-refractivity contribution is 5.40. The second-order valence-corrected chi connectivity index (χ2v) is 5.40. The van der Waals surface area contributed by atoms with Crippen molar-refractivity contribution in [1.29, 1.82) is 0 Å². The number of para-hydroxylation sites is 1. The number of rotatable bonds is 5. The quantitative estimate of drug-likeness (QED) is 0.815. The molecule has 0 amide bonds. The molecule has 0 spiro atoms. The molecule has 1 saturated carbocycles. The number of nitrogens with two attached hydrogens (primary N) is 1. The molecule has 0 heterocycles. The molecule has 18 heavy (non-hydrogen) atoms. The first-order valence-electron chi connectivity index (χ1n) is 6.62. The molecule has 0 aliphatic heterocycles. The fourth-order valence-corrected chi connectivity index (χ4v) is 2.86. The molecule has 1 fully saturated rings. The largest absolute Gasteiger partial charge is 0.491 e. The zero-order chi connectivity index (χ0) is 13.0. The lowest BCUT2D eigenvalue weighted by molar-refractivity contribution is 0.145. The molecule has 2 rings (SSSR count). The summed E-state index contributed by atoms with van der Waals surface area (Å²) in [5, 5.41) is 0. The first kappa shape index (κ1) is 13.4. The third kappa shape index (κ3) is 2.85. The molecular weight excluding hydrogens is 226 g/mol. The van der Waals surface area contributed by atoms with Gasteiger partial charge in [-0.1, -0.05) is 25.1 Å². The zero-order valence-corrected chi connectivity index (χ0v) is 11.3. The Morgan fingerprint density at radius 2 is 2.11 bits per heavy atom. The van der Waals surface area contributed by atoms with Gasteiger partial charge in [0.25, 0.3) is 0 Å². The van der Waals surface area contributed by atoms with Crippen LogP contribution in [0.25, 0.3) is 0 Å². The third-order valence-electron chi connectivity index (χ3n) is 3.86. The summed E-state index contributed by atoms with van der Waals surface area (Å²) in [6.45, 7) is 3.50.